The average molecular weight is 372 g/mol. The number of nitrogens with zero attached hydrogens (tertiary/aromatic N) is 1. The topological polar surface area (TPSA) is 92.5 Å². The zero-order valence-electron chi connectivity index (χ0n) is 10.3. The van der Waals surface area contributed by atoms with Crippen LogP contribution in [0, 0.1) is 10.1 Å². The van der Waals surface area contributed by atoms with Gasteiger partial charge in [0.1, 0.15) is 10.2 Å². The second-order valence-electron chi connectivity index (χ2n) is 4.02. The first-order valence-electron chi connectivity index (χ1n) is 5.63. The summed E-state index contributed by atoms with van der Waals surface area (Å²) < 4.78 is 0.0948. The van der Waals surface area contributed by atoms with Gasteiger partial charge in [-0.3, -0.25) is 14.9 Å². The predicted molar refractivity (Wildman–Crippen MR) is 81.9 cm³/mol. The van der Waals surface area contributed by atoms with Crippen molar-refractivity contribution in [1.82, 2.24) is 0 Å². The Bertz CT molecular complexity index is 736. The molecule has 1 amide bonds. The molecular formula is C13H8BrClN2O4. The molecule has 2 rings (SSSR count). The van der Waals surface area contributed by atoms with Crippen LogP contribution in [-0.2, 0) is 0 Å². The van der Waals surface area contributed by atoms with Crippen molar-refractivity contribution in [2.75, 3.05) is 5.32 Å². The van der Waals surface area contributed by atoms with Crippen molar-refractivity contribution in [3.8, 4) is 5.75 Å². The first-order chi connectivity index (χ1) is 9.90. The van der Waals surface area contributed by atoms with Crippen LogP contribution in [0.1, 0.15) is 10.4 Å². The molecule has 8 heteroatoms. The Labute approximate surface area is 132 Å². The van der Waals surface area contributed by atoms with E-state index in [4.69, 9.17) is 11.6 Å². The molecule has 0 aliphatic heterocycles. The lowest BCUT2D eigenvalue weighted by Crippen LogP contribution is -2.13. The maximum Gasteiger partial charge on any atom is 0.284 e. The number of benzene rings is 2. The van der Waals surface area contributed by atoms with Gasteiger partial charge < -0.3 is 10.4 Å². The largest absolute Gasteiger partial charge is 0.506 e. The first kappa shape index (κ1) is 15.3. The first-order valence-corrected chi connectivity index (χ1v) is 6.80. The molecule has 0 unspecified atom stereocenters. The molecule has 0 radical (unpaired) electrons. The van der Waals surface area contributed by atoms with Gasteiger partial charge in [0.25, 0.3) is 11.6 Å². The van der Waals surface area contributed by atoms with E-state index in [2.05, 4.69) is 21.2 Å². The summed E-state index contributed by atoms with van der Waals surface area (Å²) >= 11 is 8.79. The van der Waals surface area contributed by atoms with Crippen LogP contribution in [0.25, 0.3) is 0 Å². The van der Waals surface area contributed by atoms with Gasteiger partial charge in [-0.05, 0) is 40.2 Å². The van der Waals surface area contributed by atoms with Gasteiger partial charge in [-0.15, -0.1) is 0 Å². The molecule has 0 aliphatic carbocycles. The molecule has 0 atom stereocenters. The SMILES string of the molecule is O=C(Nc1ccc(O)c(Cl)c1)c1cccc([N+](=O)[O-])c1Br. The van der Waals surface area contributed by atoms with Gasteiger partial charge in [0.15, 0.2) is 0 Å². The van der Waals surface area contributed by atoms with Crippen LogP contribution in [0.4, 0.5) is 11.4 Å². The number of nitro benzene ring substituents is 1. The van der Waals surface area contributed by atoms with Gasteiger partial charge >= 0.3 is 0 Å². The lowest BCUT2D eigenvalue weighted by Gasteiger charge is -2.08. The van der Waals surface area contributed by atoms with E-state index in [1.807, 2.05) is 0 Å². The quantitative estimate of drug-likeness (QED) is 0.485. The van der Waals surface area contributed by atoms with E-state index in [1.165, 1.54) is 36.4 Å². The van der Waals surface area contributed by atoms with Crippen LogP contribution >= 0.6 is 27.5 Å². The number of anilines is 1. The zero-order chi connectivity index (χ0) is 15.6. The van der Waals surface area contributed by atoms with Crippen molar-refractivity contribution in [3.63, 3.8) is 0 Å². The molecule has 2 N–H and O–H groups in total. The van der Waals surface area contributed by atoms with Gasteiger partial charge in [0, 0.05) is 11.8 Å². The van der Waals surface area contributed by atoms with Crippen molar-refractivity contribution < 1.29 is 14.8 Å². The molecule has 0 saturated carbocycles. The van der Waals surface area contributed by atoms with Crippen LogP contribution in [-0.4, -0.2) is 15.9 Å². The molecule has 0 bridgehead atoms. The van der Waals surface area contributed by atoms with E-state index in [1.54, 1.807) is 0 Å². The van der Waals surface area contributed by atoms with E-state index < -0.39 is 10.8 Å². The third kappa shape index (κ3) is 3.32. The number of hydrogen-bond donors (Lipinski definition) is 2. The Morgan fingerprint density at radius 3 is 2.67 bits per heavy atom. The molecule has 108 valence electrons. The normalized spacial score (nSPS) is 10.2. The maximum atomic E-state index is 12.1. The van der Waals surface area contributed by atoms with Gasteiger partial charge in [-0.2, -0.15) is 0 Å². The lowest BCUT2D eigenvalue weighted by atomic mass is 10.2. The predicted octanol–water partition coefficient (Wildman–Crippen LogP) is 3.97. The number of rotatable bonds is 3. The highest BCUT2D eigenvalue weighted by atomic mass is 79.9. The molecular weight excluding hydrogens is 364 g/mol. The Kier molecular flexibility index (Phi) is 4.44. The minimum Gasteiger partial charge on any atom is -0.506 e. The number of phenolic OH excluding ortho intramolecular Hbond substituents is 1. The van der Waals surface area contributed by atoms with Crippen LogP contribution in [0.3, 0.4) is 0 Å². The van der Waals surface area contributed by atoms with E-state index in [9.17, 15) is 20.0 Å². The molecule has 21 heavy (non-hydrogen) atoms. The summed E-state index contributed by atoms with van der Waals surface area (Å²) in [6.07, 6.45) is 0. The number of amides is 1. The minimum absolute atomic E-state index is 0.0888. The number of hydrogen-bond acceptors (Lipinski definition) is 4. The highest BCUT2D eigenvalue weighted by molar-refractivity contribution is 9.10. The average Bonchev–Trinajstić information content (AvgIpc) is 2.42. The number of carbonyl (C=O) groups excluding carboxylic acids is 1. The van der Waals surface area contributed by atoms with E-state index >= 15 is 0 Å². The monoisotopic (exact) mass is 370 g/mol. The molecule has 0 spiro atoms. The third-order valence-electron chi connectivity index (χ3n) is 2.63. The van der Waals surface area contributed by atoms with Crippen molar-refractivity contribution in [3.05, 3.63) is 61.6 Å². The number of nitrogens with one attached hydrogen (secondary N) is 1. The fraction of sp³-hybridized carbons (Fsp3) is 0. The highest BCUT2D eigenvalue weighted by Gasteiger charge is 2.19. The summed E-state index contributed by atoms with van der Waals surface area (Å²) in [5, 5.41) is 22.8. The Morgan fingerprint density at radius 2 is 2.05 bits per heavy atom. The van der Waals surface area contributed by atoms with Crippen LogP contribution in [0.5, 0.6) is 5.75 Å². The summed E-state index contributed by atoms with van der Waals surface area (Å²) in [6, 6.07) is 8.33. The third-order valence-corrected chi connectivity index (χ3v) is 3.76. The molecule has 0 saturated heterocycles. The van der Waals surface area contributed by atoms with E-state index in [-0.39, 0.29) is 26.5 Å². The zero-order valence-corrected chi connectivity index (χ0v) is 12.7. The van der Waals surface area contributed by atoms with Crippen LogP contribution in [0.2, 0.25) is 5.02 Å². The number of nitro groups is 1. The molecule has 0 aromatic heterocycles. The Hall–Kier alpha value is -2.12. The minimum atomic E-state index is -0.585. The van der Waals surface area contributed by atoms with Gasteiger partial charge in [0.05, 0.1) is 15.5 Å². The van der Waals surface area contributed by atoms with Gasteiger partial charge in [0.2, 0.25) is 0 Å². The highest BCUT2D eigenvalue weighted by Crippen LogP contribution is 2.30. The molecule has 2 aromatic carbocycles. The maximum absolute atomic E-state index is 12.1. The molecule has 0 fully saturated rings. The summed E-state index contributed by atoms with van der Waals surface area (Å²) in [7, 11) is 0. The van der Waals surface area contributed by atoms with Crippen molar-refractivity contribution in [1.29, 1.82) is 0 Å². The summed E-state index contributed by atoms with van der Waals surface area (Å²) in [6.45, 7) is 0. The van der Waals surface area contributed by atoms with Crippen LogP contribution < -0.4 is 5.32 Å². The van der Waals surface area contributed by atoms with Crippen LogP contribution in [0.15, 0.2) is 40.9 Å². The van der Waals surface area contributed by atoms with E-state index in [0.717, 1.165) is 0 Å². The molecule has 0 heterocycles. The van der Waals surface area contributed by atoms with Crippen molar-refractivity contribution >= 4 is 44.8 Å². The van der Waals surface area contributed by atoms with Gasteiger partial charge in [-0.1, -0.05) is 17.7 Å². The number of halogens is 2. The number of aromatic hydroxyl groups is 1. The molecule has 6 nitrogen and oxygen atoms in total. The number of carbonyl (C=O) groups is 1. The van der Waals surface area contributed by atoms with Crippen molar-refractivity contribution in [2.45, 2.75) is 0 Å². The Morgan fingerprint density at radius 1 is 1.33 bits per heavy atom. The van der Waals surface area contributed by atoms with E-state index in [0.29, 0.717) is 5.69 Å². The summed E-state index contributed by atoms with van der Waals surface area (Å²) in [5.74, 6) is -0.640. The Balaban J connectivity index is 2.30. The lowest BCUT2D eigenvalue weighted by molar-refractivity contribution is -0.385. The standard InChI is InChI=1S/C13H8BrClN2O4/c14-12-8(2-1-3-10(12)17(20)21)13(19)16-7-4-5-11(18)9(15)6-7/h1-6,18H,(H,16,19). The smallest absolute Gasteiger partial charge is 0.284 e. The second kappa shape index (κ2) is 6.11. The van der Waals surface area contributed by atoms with Crippen molar-refractivity contribution in [2.24, 2.45) is 0 Å². The van der Waals surface area contributed by atoms with Gasteiger partial charge in [-0.25, -0.2) is 0 Å². The number of phenols is 1. The fourth-order valence-corrected chi connectivity index (χ4v) is 2.39. The fourth-order valence-electron chi connectivity index (χ4n) is 1.62. The summed E-state index contributed by atoms with van der Waals surface area (Å²) in [4.78, 5) is 22.4. The second-order valence-corrected chi connectivity index (χ2v) is 5.22. The molecule has 0 aliphatic rings. The summed E-state index contributed by atoms with van der Waals surface area (Å²) in [5.41, 5.74) is 0.279. The molecule has 2 aromatic rings.